The van der Waals surface area contributed by atoms with Gasteiger partial charge < -0.3 is 19.9 Å². The Morgan fingerprint density at radius 1 is 0.886 bits per heavy atom. The van der Waals surface area contributed by atoms with Crippen LogP contribution in [-0.4, -0.2) is 39.5 Å². The van der Waals surface area contributed by atoms with Gasteiger partial charge in [-0.3, -0.25) is 0 Å². The van der Waals surface area contributed by atoms with Gasteiger partial charge in [-0.25, -0.2) is 8.42 Å². The lowest BCUT2D eigenvalue weighted by atomic mass is 9.99. The number of aromatic hydroxyl groups is 1. The first-order valence-electron chi connectivity index (χ1n) is 11.0. The van der Waals surface area contributed by atoms with Gasteiger partial charge in [-0.2, -0.15) is 0 Å². The quantitative estimate of drug-likeness (QED) is 0.246. The molecule has 0 saturated carbocycles. The fourth-order valence-corrected chi connectivity index (χ4v) is 4.28. The number of hydrogen-bond acceptors (Lipinski definition) is 6. The maximum atomic E-state index is 11.9. The Bertz CT molecular complexity index is 1390. The van der Waals surface area contributed by atoms with Crippen molar-refractivity contribution in [2.45, 2.75) is 11.8 Å². The summed E-state index contributed by atoms with van der Waals surface area (Å²) in [6, 6.07) is 23.1. The molecule has 4 aromatic rings. The molecule has 0 spiro atoms. The van der Waals surface area contributed by atoms with Crippen molar-refractivity contribution in [3.05, 3.63) is 78.9 Å². The van der Waals surface area contributed by atoms with E-state index in [0.717, 1.165) is 40.7 Å². The molecule has 0 radical (unpaired) electrons. The Morgan fingerprint density at radius 3 is 2.23 bits per heavy atom. The monoisotopic (exact) mass is 557 g/mol. The molecule has 0 bridgehead atoms. The Kier molecular flexibility index (Phi) is 8.77. The summed E-state index contributed by atoms with van der Waals surface area (Å²) >= 11 is 0. The maximum absolute atomic E-state index is 11.9. The minimum absolute atomic E-state index is 0. The maximum Gasteiger partial charge on any atom is 0.175 e. The first kappa shape index (κ1) is 26.5. The zero-order valence-corrected chi connectivity index (χ0v) is 22.1. The summed E-state index contributed by atoms with van der Waals surface area (Å²) in [6.07, 6.45) is 1.19. The Balaban J connectivity index is 0.00000342. The first-order chi connectivity index (χ1) is 16.3. The van der Waals surface area contributed by atoms with Crippen molar-refractivity contribution >= 4 is 37.6 Å². The summed E-state index contributed by atoms with van der Waals surface area (Å²) < 4.78 is 35.8. The number of ether oxygens (including phenoxy) is 2. The predicted octanol–water partition coefficient (Wildman–Crippen LogP) is 5.97. The van der Waals surface area contributed by atoms with Crippen molar-refractivity contribution in [2.75, 3.05) is 26.0 Å². The average Bonchev–Trinajstić information content (AvgIpc) is 2.82. The second-order valence-electron chi connectivity index (χ2n) is 7.92. The van der Waals surface area contributed by atoms with Gasteiger partial charge in [0, 0.05) is 23.8 Å². The van der Waals surface area contributed by atoms with Crippen LogP contribution in [-0.2, 0) is 9.84 Å². The predicted molar refractivity (Wildman–Crippen MR) is 145 cm³/mol. The van der Waals surface area contributed by atoms with Crippen molar-refractivity contribution in [1.82, 2.24) is 5.32 Å². The molecule has 35 heavy (non-hydrogen) atoms. The number of rotatable bonds is 9. The molecule has 2 N–H and O–H groups in total. The van der Waals surface area contributed by atoms with E-state index in [9.17, 15) is 13.5 Å². The molecule has 0 heterocycles. The fourth-order valence-electron chi connectivity index (χ4n) is 3.65. The van der Waals surface area contributed by atoms with Gasteiger partial charge in [0.25, 0.3) is 0 Å². The number of sulfone groups is 1. The molecule has 0 unspecified atom stereocenters. The normalized spacial score (nSPS) is 11.1. The highest BCUT2D eigenvalue weighted by Gasteiger charge is 2.14. The second kappa shape index (κ2) is 11.6. The molecule has 8 heteroatoms. The van der Waals surface area contributed by atoms with Crippen molar-refractivity contribution in [2.24, 2.45) is 0 Å². The first-order valence-corrected chi connectivity index (χ1v) is 12.9. The number of nitrogens with one attached hydrogen (secondary N) is 1. The molecule has 0 fully saturated rings. The lowest BCUT2D eigenvalue weighted by Crippen LogP contribution is -2.20. The molecule has 0 aliphatic heterocycles. The highest BCUT2D eigenvalue weighted by molar-refractivity contribution is 8.93. The number of fused-ring (bicyclic) bond motifs is 1. The lowest BCUT2D eigenvalue weighted by Gasteiger charge is -2.16. The van der Waals surface area contributed by atoms with E-state index >= 15 is 0 Å². The average molecular weight is 558 g/mol. The molecule has 0 aromatic heterocycles. The number of benzene rings is 4. The van der Waals surface area contributed by atoms with Crippen LogP contribution in [0.1, 0.15) is 6.92 Å². The summed E-state index contributed by atoms with van der Waals surface area (Å²) in [5.41, 5.74) is 1.63. The molecule has 0 aliphatic carbocycles. The molecular formula is C27H28BrNO5S. The van der Waals surface area contributed by atoms with E-state index in [4.69, 9.17) is 9.47 Å². The highest BCUT2D eigenvalue weighted by atomic mass is 79.9. The molecule has 0 saturated heterocycles. The van der Waals surface area contributed by atoms with Crippen molar-refractivity contribution in [1.29, 1.82) is 0 Å². The minimum atomic E-state index is -3.29. The van der Waals surface area contributed by atoms with Gasteiger partial charge in [-0.1, -0.05) is 25.1 Å². The third-order valence-corrected chi connectivity index (χ3v) is 6.52. The number of phenolic OH excluding ortho intramolecular Hbond substituents is 1. The van der Waals surface area contributed by atoms with E-state index in [1.165, 1.54) is 6.26 Å². The van der Waals surface area contributed by atoms with E-state index in [1.807, 2.05) is 42.5 Å². The van der Waals surface area contributed by atoms with Crippen LogP contribution < -0.4 is 14.8 Å². The fraction of sp³-hybridized carbons (Fsp3) is 0.185. The summed E-state index contributed by atoms with van der Waals surface area (Å²) in [4.78, 5) is 0.258. The SMILES string of the molecule is Br.CCNCCOc1ccc(Oc2c(-c3ccc(S(C)(=O)=O)cc3)ccc3cc(O)ccc23)cc1. The molecule has 4 aromatic carbocycles. The Morgan fingerprint density at radius 2 is 1.57 bits per heavy atom. The molecule has 184 valence electrons. The van der Waals surface area contributed by atoms with Crippen LogP contribution in [0.15, 0.2) is 83.8 Å². The van der Waals surface area contributed by atoms with Gasteiger partial charge in [-0.05, 0) is 78.2 Å². The third-order valence-electron chi connectivity index (χ3n) is 5.39. The van der Waals surface area contributed by atoms with Gasteiger partial charge in [0.05, 0.1) is 4.90 Å². The molecular weight excluding hydrogens is 530 g/mol. The zero-order valence-electron chi connectivity index (χ0n) is 19.5. The van der Waals surface area contributed by atoms with Crippen LogP contribution in [0, 0.1) is 0 Å². The highest BCUT2D eigenvalue weighted by Crippen LogP contribution is 2.41. The van der Waals surface area contributed by atoms with Gasteiger partial charge in [0.1, 0.15) is 29.6 Å². The van der Waals surface area contributed by atoms with Crippen LogP contribution in [0.5, 0.6) is 23.0 Å². The van der Waals surface area contributed by atoms with Gasteiger partial charge >= 0.3 is 0 Å². The molecule has 0 aliphatic rings. The second-order valence-corrected chi connectivity index (χ2v) is 9.94. The lowest BCUT2D eigenvalue weighted by molar-refractivity contribution is 0.315. The van der Waals surface area contributed by atoms with Crippen molar-refractivity contribution in [3.8, 4) is 34.1 Å². The van der Waals surface area contributed by atoms with E-state index in [-0.39, 0.29) is 27.6 Å². The topological polar surface area (TPSA) is 84.9 Å². The van der Waals surface area contributed by atoms with Crippen LogP contribution >= 0.6 is 17.0 Å². The minimum Gasteiger partial charge on any atom is -0.508 e. The van der Waals surface area contributed by atoms with E-state index in [1.54, 1.807) is 36.4 Å². The van der Waals surface area contributed by atoms with Crippen LogP contribution in [0.3, 0.4) is 0 Å². The summed E-state index contributed by atoms with van der Waals surface area (Å²) in [7, 11) is -3.29. The van der Waals surface area contributed by atoms with Crippen LogP contribution in [0.25, 0.3) is 21.9 Å². The van der Waals surface area contributed by atoms with Crippen LogP contribution in [0.2, 0.25) is 0 Å². The number of hydrogen-bond donors (Lipinski definition) is 2. The largest absolute Gasteiger partial charge is 0.508 e. The smallest absolute Gasteiger partial charge is 0.175 e. The Labute approximate surface area is 216 Å². The summed E-state index contributed by atoms with van der Waals surface area (Å²) in [5, 5.41) is 14.8. The third kappa shape index (κ3) is 6.54. The van der Waals surface area contributed by atoms with E-state index in [0.29, 0.717) is 18.1 Å². The molecule has 6 nitrogen and oxygen atoms in total. The standard InChI is InChI=1S/C27H27NO5S.BrH/c1-3-28-16-17-32-22-8-10-23(11-9-22)33-27-25(14-6-20-18-21(29)7-15-26(20)27)19-4-12-24(13-5-19)34(2,30)31;/h4-15,18,28-29H,3,16-17H2,1-2H3;1H. The summed E-state index contributed by atoms with van der Waals surface area (Å²) in [6.45, 7) is 4.31. The van der Waals surface area contributed by atoms with Crippen molar-refractivity contribution < 1.29 is 23.0 Å². The number of likely N-dealkylation sites (N-methyl/N-ethyl adjacent to an activating group) is 1. The molecule has 0 atom stereocenters. The zero-order chi connectivity index (χ0) is 24.1. The van der Waals surface area contributed by atoms with Gasteiger partial charge in [0.2, 0.25) is 0 Å². The Hall–Kier alpha value is -3.07. The van der Waals surface area contributed by atoms with Crippen molar-refractivity contribution in [3.63, 3.8) is 0 Å². The molecule has 0 amide bonds. The summed E-state index contributed by atoms with van der Waals surface area (Å²) in [5.74, 6) is 2.17. The number of phenols is 1. The van der Waals surface area contributed by atoms with Gasteiger partial charge in [-0.15, -0.1) is 17.0 Å². The van der Waals surface area contributed by atoms with Crippen LogP contribution in [0.4, 0.5) is 0 Å². The molecule has 4 rings (SSSR count). The number of halogens is 1. The van der Waals surface area contributed by atoms with E-state index < -0.39 is 9.84 Å². The van der Waals surface area contributed by atoms with E-state index in [2.05, 4.69) is 12.2 Å². The van der Waals surface area contributed by atoms with Gasteiger partial charge in [0.15, 0.2) is 9.84 Å².